The van der Waals surface area contributed by atoms with Gasteiger partial charge in [-0.3, -0.25) is 0 Å². The van der Waals surface area contributed by atoms with Crippen LogP contribution in [0.5, 0.6) is 0 Å². The molecule has 1 aromatic rings. The zero-order chi connectivity index (χ0) is 10.9. The third-order valence-electron chi connectivity index (χ3n) is 1.74. The average Bonchev–Trinajstić information content (AvgIpc) is 1.97. The summed E-state index contributed by atoms with van der Waals surface area (Å²) in [7, 11) is 0. The van der Waals surface area contributed by atoms with Crippen LogP contribution in [0.1, 0.15) is 19.4 Å². The Labute approximate surface area is 90.4 Å². The molecule has 0 heterocycles. The predicted octanol–water partition coefficient (Wildman–Crippen LogP) is 3.01. The molecule has 1 nitrogen and oxygen atoms in total. The van der Waals surface area contributed by atoms with Crippen molar-refractivity contribution in [2.24, 2.45) is 5.73 Å². The first-order valence-corrected chi connectivity index (χ1v) is 5.01. The fraction of sp³-hybridized carbons (Fsp3) is 0.400. The van der Waals surface area contributed by atoms with Gasteiger partial charge in [0.2, 0.25) is 0 Å². The van der Waals surface area contributed by atoms with Crippen molar-refractivity contribution in [1.82, 2.24) is 0 Å². The van der Waals surface area contributed by atoms with E-state index in [1.807, 2.05) is 0 Å². The molecule has 0 aromatic heterocycles. The molecule has 4 heteroatoms. The van der Waals surface area contributed by atoms with Crippen LogP contribution < -0.4 is 5.73 Å². The van der Waals surface area contributed by atoms with E-state index in [1.165, 1.54) is 6.07 Å². The number of benzene rings is 1. The van der Waals surface area contributed by atoms with E-state index in [0.29, 0.717) is 12.0 Å². The summed E-state index contributed by atoms with van der Waals surface area (Å²) in [6.07, 6.45) is 0.309. The van der Waals surface area contributed by atoms with E-state index >= 15 is 0 Å². The van der Waals surface area contributed by atoms with Crippen LogP contribution in [-0.2, 0) is 6.42 Å². The fourth-order valence-corrected chi connectivity index (χ4v) is 1.51. The summed E-state index contributed by atoms with van der Waals surface area (Å²) in [5.41, 5.74) is 5.49. The summed E-state index contributed by atoms with van der Waals surface area (Å²) >= 11 is 2.91. The highest BCUT2D eigenvalue weighted by Crippen LogP contribution is 2.22. The smallest absolute Gasteiger partial charge is 0.137 e. The van der Waals surface area contributed by atoms with E-state index in [1.54, 1.807) is 13.8 Å². The van der Waals surface area contributed by atoms with Crippen molar-refractivity contribution in [3.8, 4) is 0 Å². The average molecular weight is 264 g/mol. The van der Waals surface area contributed by atoms with Crippen LogP contribution >= 0.6 is 15.9 Å². The molecule has 0 atom stereocenters. The molecular formula is C10H12BrF2N. The molecule has 2 N–H and O–H groups in total. The lowest BCUT2D eigenvalue weighted by Gasteiger charge is -2.18. The molecule has 0 radical (unpaired) electrons. The second kappa shape index (κ2) is 3.95. The lowest BCUT2D eigenvalue weighted by atomic mass is 9.96. The fourth-order valence-electron chi connectivity index (χ4n) is 1.19. The van der Waals surface area contributed by atoms with Crippen LogP contribution in [0.3, 0.4) is 0 Å². The highest BCUT2D eigenvalue weighted by molar-refractivity contribution is 9.10. The molecule has 0 aliphatic carbocycles. The minimum absolute atomic E-state index is 0.133. The van der Waals surface area contributed by atoms with Crippen LogP contribution in [0.2, 0.25) is 0 Å². The van der Waals surface area contributed by atoms with E-state index < -0.39 is 17.2 Å². The van der Waals surface area contributed by atoms with Gasteiger partial charge in [0.1, 0.15) is 11.6 Å². The van der Waals surface area contributed by atoms with Gasteiger partial charge >= 0.3 is 0 Å². The topological polar surface area (TPSA) is 26.0 Å². The maximum Gasteiger partial charge on any atom is 0.137 e. The molecule has 0 aliphatic rings. The predicted molar refractivity (Wildman–Crippen MR) is 56.0 cm³/mol. The Morgan fingerprint density at radius 2 is 1.86 bits per heavy atom. The van der Waals surface area contributed by atoms with Crippen molar-refractivity contribution in [2.75, 3.05) is 0 Å². The van der Waals surface area contributed by atoms with E-state index in [0.717, 1.165) is 6.07 Å². The van der Waals surface area contributed by atoms with Gasteiger partial charge in [0.05, 0.1) is 4.47 Å². The standard InChI is InChI=1S/C10H12BrF2N/c1-10(2,14)5-6-3-9(13)7(11)4-8(6)12/h3-4H,5,14H2,1-2H3. The molecule has 1 rings (SSSR count). The van der Waals surface area contributed by atoms with Crippen molar-refractivity contribution >= 4 is 15.9 Å². The van der Waals surface area contributed by atoms with Gasteiger partial charge in [-0.2, -0.15) is 0 Å². The largest absolute Gasteiger partial charge is 0.325 e. The number of hydrogen-bond donors (Lipinski definition) is 1. The van der Waals surface area contributed by atoms with E-state index in [9.17, 15) is 8.78 Å². The van der Waals surface area contributed by atoms with E-state index in [4.69, 9.17) is 5.73 Å². The number of halogens is 3. The highest BCUT2D eigenvalue weighted by Gasteiger charge is 2.16. The summed E-state index contributed by atoms with van der Waals surface area (Å²) in [6, 6.07) is 2.30. The monoisotopic (exact) mass is 263 g/mol. The summed E-state index contributed by atoms with van der Waals surface area (Å²) in [4.78, 5) is 0. The minimum Gasteiger partial charge on any atom is -0.325 e. The second-order valence-corrected chi connectivity index (χ2v) is 4.88. The Morgan fingerprint density at radius 3 is 2.36 bits per heavy atom. The van der Waals surface area contributed by atoms with Gasteiger partial charge in [-0.25, -0.2) is 8.78 Å². The van der Waals surface area contributed by atoms with Crippen molar-refractivity contribution < 1.29 is 8.78 Å². The molecule has 0 aliphatic heterocycles. The first-order valence-electron chi connectivity index (χ1n) is 4.22. The normalized spacial score (nSPS) is 11.9. The third-order valence-corrected chi connectivity index (χ3v) is 2.34. The quantitative estimate of drug-likeness (QED) is 0.816. The summed E-state index contributed by atoms with van der Waals surface area (Å²) in [5, 5.41) is 0. The molecule has 14 heavy (non-hydrogen) atoms. The van der Waals surface area contributed by atoms with Crippen LogP contribution in [-0.4, -0.2) is 5.54 Å². The van der Waals surface area contributed by atoms with Gasteiger partial charge in [-0.05, 0) is 53.9 Å². The number of hydrogen-bond acceptors (Lipinski definition) is 1. The zero-order valence-corrected chi connectivity index (χ0v) is 9.66. The summed E-state index contributed by atoms with van der Waals surface area (Å²) in [5.74, 6) is -0.901. The third kappa shape index (κ3) is 3.03. The molecule has 0 fully saturated rings. The molecule has 0 unspecified atom stereocenters. The minimum atomic E-state index is -0.541. The number of nitrogens with two attached hydrogens (primary N) is 1. The maximum absolute atomic E-state index is 13.3. The van der Waals surface area contributed by atoms with E-state index in [2.05, 4.69) is 15.9 Å². The first kappa shape index (κ1) is 11.6. The Balaban J connectivity index is 3.04. The lowest BCUT2D eigenvalue weighted by Crippen LogP contribution is -2.34. The SMILES string of the molecule is CC(C)(N)Cc1cc(F)c(Br)cc1F. The van der Waals surface area contributed by atoms with Crippen molar-refractivity contribution in [3.63, 3.8) is 0 Å². The van der Waals surface area contributed by atoms with Crippen molar-refractivity contribution in [1.29, 1.82) is 0 Å². The molecular weight excluding hydrogens is 252 g/mol. The van der Waals surface area contributed by atoms with Crippen molar-refractivity contribution in [2.45, 2.75) is 25.8 Å². The van der Waals surface area contributed by atoms with E-state index in [-0.39, 0.29) is 4.47 Å². The molecule has 0 saturated carbocycles. The number of rotatable bonds is 2. The van der Waals surface area contributed by atoms with Gasteiger partial charge < -0.3 is 5.73 Å². The summed E-state index contributed by atoms with van der Waals surface area (Å²) < 4.78 is 26.5. The lowest BCUT2D eigenvalue weighted by molar-refractivity contribution is 0.492. The Morgan fingerprint density at radius 1 is 1.29 bits per heavy atom. The Hall–Kier alpha value is -0.480. The zero-order valence-electron chi connectivity index (χ0n) is 8.07. The van der Waals surface area contributed by atoms with Crippen LogP contribution in [0.25, 0.3) is 0 Å². The second-order valence-electron chi connectivity index (χ2n) is 4.02. The van der Waals surface area contributed by atoms with Crippen LogP contribution in [0.4, 0.5) is 8.78 Å². The Bertz CT molecular complexity index is 345. The van der Waals surface area contributed by atoms with Crippen LogP contribution in [0.15, 0.2) is 16.6 Å². The Kier molecular flexibility index (Phi) is 3.27. The van der Waals surface area contributed by atoms with Crippen molar-refractivity contribution in [3.05, 3.63) is 33.8 Å². The van der Waals surface area contributed by atoms with Gasteiger partial charge in [0.15, 0.2) is 0 Å². The van der Waals surface area contributed by atoms with Gasteiger partial charge in [0.25, 0.3) is 0 Å². The first-order chi connectivity index (χ1) is 6.29. The van der Waals surface area contributed by atoms with Crippen LogP contribution in [0, 0.1) is 11.6 Å². The van der Waals surface area contributed by atoms with Gasteiger partial charge in [-0.1, -0.05) is 0 Å². The molecule has 78 valence electrons. The molecule has 0 amide bonds. The highest BCUT2D eigenvalue weighted by atomic mass is 79.9. The molecule has 0 saturated heterocycles. The summed E-state index contributed by atoms with van der Waals surface area (Å²) in [6.45, 7) is 3.54. The molecule has 0 bridgehead atoms. The van der Waals surface area contributed by atoms with Gasteiger partial charge in [-0.15, -0.1) is 0 Å². The maximum atomic E-state index is 13.3. The van der Waals surface area contributed by atoms with Gasteiger partial charge in [0, 0.05) is 5.54 Å². The molecule has 1 aromatic carbocycles. The molecule has 0 spiro atoms.